The van der Waals surface area contributed by atoms with Gasteiger partial charge in [-0.3, -0.25) is 4.90 Å². The minimum Gasteiger partial charge on any atom is -0.381 e. The fourth-order valence-corrected chi connectivity index (χ4v) is 3.16. The highest BCUT2D eigenvalue weighted by Gasteiger charge is 2.38. The number of nitrogens with zero attached hydrogens (tertiary/aromatic N) is 1. The summed E-state index contributed by atoms with van der Waals surface area (Å²) in [5, 5.41) is 0. The molecule has 3 heteroatoms. The van der Waals surface area contributed by atoms with E-state index in [1.807, 2.05) is 7.11 Å². The lowest BCUT2D eigenvalue weighted by Gasteiger charge is -2.44. The molecule has 0 aliphatic heterocycles. The van der Waals surface area contributed by atoms with E-state index in [0.29, 0.717) is 6.10 Å². The Morgan fingerprint density at radius 2 is 2.07 bits per heavy atom. The first-order chi connectivity index (χ1) is 7.26. The van der Waals surface area contributed by atoms with Crippen LogP contribution in [0.5, 0.6) is 0 Å². The summed E-state index contributed by atoms with van der Waals surface area (Å²) in [5.74, 6) is 0.733. The van der Waals surface area contributed by atoms with E-state index in [1.54, 1.807) is 0 Å². The molecule has 2 N–H and O–H groups in total. The molecule has 2 unspecified atom stereocenters. The Hall–Kier alpha value is -0.120. The molecule has 0 heterocycles. The van der Waals surface area contributed by atoms with Crippen LogP contribution < -0.4 is 5.73 Å². The molecule has 2 saturated carbocycles. The van der Waals surface area contributed by atoms with Gasteiger partial charge in [-0.25, -0.2) is 0 Å². The zero-order valence-electron chi connectivity index (χ0n) is 9.98. The van der Waals surface area contributed by atoms with E-state index in [-0.39, 0.29) is 0 Å². The Bertz CT molecular complexity index is 204. The predicted molar refractivity (Wildman–Crippen MR) is 61.8 cm³/mol. The Labute approximate surface area is 93.0 Å². The third-order valence-electron chi connectivity index (χ3n) is 4.42. The van der Waals surface area contributed by atoms with Crippen LogP contribution in [-0.4, -0.2) is 43.8 Å². The number of methoxy groups -OCH3 is 1. The average molecular weight is 212 g/mol. The molecule has 2 aliphatic rings. The Kier molecular flexibility index (Phi) is 3.65. The fraction of sp³-hybridized carbons (Fsp3) is 1.00. The van der Waals surface area contributed by atoms with Gasteiger partial charge in [0.2, 0.25) is 0 Å². The summed E-state index contributed by atoms with van der Waals surface area (Å²) in [4.78, 5) is 2.57. The van der Waals surface area contributed by atoms with Crippen LogP contribution >= 0.6 is 0 Å². The molecule has 0 saturated heterocycles. The maximum absolute atomic E-state index is 5.82. The first kappa shape index (κ1) is 11.4. The fourth-order valence-electron chi connectivity index (χ4n) is 3.16. The maximum atomic E-state index is 5.82. The molecule has 0 aromatic carbocycles. The maximum Gasteiger partial charge on any atom is 0.0601 e. The van der Waals surface area contributed by atoms with Crippen LogP contribution in [0.25, 0.3) is 0 Å². The summed E-state index contributed by atoms with van der Waals surface area (Å²) in [6, 6.07) is 1.48. The first-order valence-corrected chi connectivity index (χ1v) is 6.21. The first-order valence-electron chi connectivity index (χ1n) is 6.21. The van der Waals surface area contributed by atoms with Crippen LogP contribution in [-0.2, 0) is 4.74 Å². The van der Waals surface area contributed by atoms with Crippen molar-refractivity contribution in [3.05, 3.63) is 0 Å². The summed E-state index contributed by atoms with van der Waals surface area (Å²) < 4.78 is 5.33. The third-order valence-corrected chi connectivity index (χ3v) is 4.42. The van der Waals surface area contributed by atoms with E-state index in [9.17, 15) is 0 Å². The van der Waals surface area contributed by atoms with E-state index in [1.165, 1.54) is 32.1 Å². The van der Waals surface area contributed by atoms with Crippen molar-refractivity contribution in [1.29, 1.82) is 0 Å². The molecule has 0 aromatic rings. The molecule has 2 aliphatic carbocycles. The van der Waals surface area contributed by atoms with E-state index in [0.717, 1.165) is 24.5 Å². The van der Waals surface area contributed by atoms with Crippen LogP contribution in [0.1, 0.15) is 32.1 Å². The highest BCUT2D eigenvalue weighted by molar-refractivity contribution is 4.93. The van der Waals surface area contributed by atoms with Crippen LogP contribution in [0, 0.1) is 5.92 Å². The zero-order chi connectivity index (χ0) is 10.8. The molecule has 15 heavy (non-hydrogen) atoms. The second-order valence-corrected chi connectivity index (χ2v) is 5.14. The van der Waals surface area contributed by atoms with Crippen LogP contribution in [0.4, 0.5) is 0 Å². The minimum atomic E-state index is 0.509. The number of nitrogens with two attached hydrogens (primary N) is 1. The Balaban J connectivity index is 1.83. The molecular weight excluding hydrogens is 188 g/mol. The molecule has 88 valence electrons. The molecule has 0 amide bonds. The summed E-state index contributed by atoms with van der Waals surface area (Å²) in [7, 11) is 4.09. The Morgan fingerprint density at radius 3 is 2.67 bits per heavy atom. The smallest absolute Gasteiger partial charge is 0.0601 e. The van der Waals surface area contributed by atoms with Crippen LogP contribution in [0.15, 0.2) is 0 Å². The topological polar surface area (TPSA) is 38.5 Å². The van der Waals surface area contributed by atoms with E-state index in [2.05, 4.69) is 11.9 Å². The van der Waals surface area contributed by atoms with Crippen molar-refractivity contribution in [2.75, 3.05) is 20.7 Å². The number of hydrogen-bond acceptors (Lipinski definition) is 3. The largest absolute Gasteiger partial charge is 0.381 e. The van der Waals surface area contributed by atoms with Gasteiger partial charge in [-0.1, -0.05) is 6.42 Å². The molecule has 0 aromatic heterocycles. The van der Waals surface area contributed by atoms with Gasteiger partial charge >= 0.3 is 0 Å². The van der Waals surface area contributed by atoms with Crippen molar-refractivity contribution in [3.63, 3.8) is 0 Å². The second-order valence-electron chi connectivity index (χ2n) is 5.14. The van der Waals surface area contributed by atoms with Crippen molar-refractivity contribution in [1.82, 2.24) is 4.90 Å². The highest BCUT2D eigenvalue weighted by atomic mass is 16.5. The lowest BCUT2D eigenvalue weighted by Crippen LogP contribution is -2.51. The summed E-state index contributed by atoms with van der Waals surface area (Å²) in [6.45, 7) is 0.857. The third kappa shape index (κ3) is 2.19. The van der Waals surface area contributed by atoms with Gasteiger partial charge in [0.15, 0.2) is 0 Å². The number of rotatable bonds is 4. The van der Waals surface area contributed by atoms with Crippen molar-refractivity contribution >= 4 is 0 Å². The van der Waals surface area contributed by atoms with Crippen molar-refractivity contribution in [2.24, 2.45) is 11.7 Å². The standard InChI is InChI=1S/C12H24N2O/c1-14(10-6-11(7-10)15-2)12-5-3-4-9(12)8-13/h9-12H,3-8,13H2,1-2H3. The quantitative estimate of drug-likeness (QED) is 0.761. The average Bonchev–Trinajstić information content (AvgIpc) is 2.63. The van der Waals surface area contributed by atoms with Gasteiger partial charge in [-0.2, -0.15) is 0 Å². The van der Waals surface area contributed by atoms with Gasteiger partial charge in [-0.05, 0) is 45.2 Å². The van der Waals surface area contributed by atoms with Crippen LogP contribution in [0.3, 0.4) is 0 Å². The normalized spacial score (nSPS) is 40.8. The SMILES string of the molecule is COC1CC(N(C)C2CCCC2CN)C1. The van der Waals surface area contributed by atoms with Gasteiger partial charge in [0.05, 0.1) is 6.10 Å². The van der Waals surface area contributed by atoms with Crippen molar-refractivity contribution < 1.29 is 4.74 Å². The van der Waals surface area contributed by atoms with Gasteiger partial charge in [-0.15, -0.1) is 0 Å². The number of hydrogen-bond donors (Lipinski definition) is 1. The molecular formula is C12H24N2O. The molecule has 0 radical (unpaired) electrons. The monoisotopic (exact) mass is 212 g/mol. The lowest BCUT2D eigenvalue weighted by molar-refractivity contribution is -0.0356. The molecule has 2 atom stereocenters. The van der Waals surface area contributed by atoms with Crippen molar-refractivity contribution in [3.8, 4) is 0 Å². The predicted octanol–water partition coefficient (Wildman–Crippen LogP) is 1.22. The molecule has 0 bridgehead atoms. The van der Waals surface area contributed by atoms with Gasteiger partial charge in [0.25, 0.3) is 0 Å². The summed E-state index contributed by atoms with van der Waals surface area (Å²) in [6.07, 6.45) is 6.95. The summed E-state index contributed by atoms with van der Waals surface area (Å²) in [5.41, 5.74) is 5.82. The van der Waals surface area contributed by atoms with E-state index >= 15 is 0 Å². The van der Waals surface area contributed by atoms with E-state index in [4.69, 9.17) is 10.5 Å². The van der Waals surface area contributed by atoms with Crippen LogP contribution in [0.2, 0.25) is 0 Å². The second kappa shape index (κ2) is 4.81. The minimum absolute atomic E-state index is 0.509. The highest BCUT2D eigenvalue weighted by Crippen LogP contribution is 2.35. The lowest BCUT2D eigenvalue weighted by atomic mass is 9.86. The molecule has 0 spiro atoms. The molecule has 2 rings (SSSR count). The Morgan fingerprint density at radius 1 is 1.33 bits per heavy atom. The van der Waals surface area contributed by atoms with E-state index < -0.39 is 0 Å². The zero-order valence-corrected chi connectivity index (χ0v) is 9.98. The van der Waals surface area contributed by atoms with Gasteiger partial charge < -0.3 is 10.5 Å². The van der Waals surface area contributed by atoms with Crippen molar-refractivity contribution in [2.45, 2.75) is 50.3 Å². The number of ether oxygens (including phenoxy) is 1. The van der Waals surface area contributed by atoms with Gasteiger partial charge in [0.1, 0.15) is 0 Å². The molecule has 3 nitrogen and oxygen atoms in total. The summed E-state index contributed by atoms with van der Waals surface area (Å²) >= 11 is 0. The van der Waals surface area contributed by atoms with Gasteiger partial charge in [0, 0.05) is 19.2 Å². The molecule has 2 fully saturated rings.